The second-order valence-corrected chi connectivity index (χ2v) is 6.46. The summed E-state index contributed by atoms with van der Waals surface area (Å²) in [6.07, 6.45) is 0. The second-order valence-electron chi connectivity index (χ2n) is 6.46. The molecule has 3 rings (SSSR count). The van der Waals surface area contributed by atoms with Gasteiger partial charge in [-0.25, -0.2) is 4.79 Å². The van der Waals surface area contributed by atoms with Gasteiger partial charge in [0.05, 0.1) is 16.5 Å². The van der Waals surface area contributed by atoms with E-state index in [0.29, 0.717) is 0 Å². The molecule has 148 valence electrons. The minimum atomic E-state index is -0.904. The zero-order valence-electron chi connectivity index (χ0n) is 15.6. The van der Waals surface area contributed by atoms with Gasteiger partial charge in [0.15, 0.2) is 6.61 Å². The summed E-state index contributed by atoms with van der Waals surface area (Å²) in [6, 6.07) is 16.8. The molecule has 0 saturated heterocycles. The van der Waals surface area contributed by atoms with Gasteiger partial charge in [-0.2, -0.15) is 0 Å². The van der Waals surface area contributed by atoms with Crippen LogP contribution in [0.25, 0.3) is 10.8 Å². The van der Waals surface area contributed by atoms with Gasteiger partial charge in [0.25, 0.3) is 11.6 Å². The van der Waals surface area contributed by atoms with Gasteiger partial charge in [0.2, 0.25) is 0 Å². The van der Waals surface area contributed by atoms with Crippen LogP contribution < -0.4 is 11.1 Å². The number of esters is 1. The number of nitrogens with one attached hydrogen (secondary N) is 1. The smallest absolute Gasteiger partial charge is 0.341 e. The molecule has 0 aliphatic rings. The number of rotatable bonds is 6. The molecule has 0 radical (unpaired) electrons. The van der Waals surface area contributed by atoms with Gasteiger partial charge in [0, 0.05) is 17.8 Å². The number of nitrogens with two attached hydrogens (primary N) is 1. The van der Waals surface area contributed by atoms with Crippen molar-refractivity contribution in [3.8, 4) is 0 Å². The van der Waals surface area contributed by atoms with E-state index < -0.39 is 23.4 Å². The lowest BCUT2D eigenvalue weighted by atomic mass is 10.00. The lowest BCUT2D eigenvalue weighted by Crippen LogP contribution is -2.31. The highest BCUT2D eigenvalue weighted by Gasteiger charge is 2.19. The van der Waals surface area contributed by atoms with E-state index in [4.69, 9.17) is 10.5 Å². The number of nitro benzene ring substituents is 1. The zero-order chi connectivity index (χ0) is 21.0. The van der Waals surface area contributed by atoms with Crippen molar-refractivity contribution in [1.82, 2.24) is 5.32 Å². The Labute approximate surface area is 166 Å². The van der Waals surface area contributed by atoms with Crippen molar-refractivity contribution in [2.45, 2.75) is 13.0 Å². The third-order valence-electron chi connectivity index (χ3n) is 4.47. The van der Waals surface area contributed by atoms with Crippen LogP contribution in [-0.2, 0) is 9.53 Å². The first-order valence-corrected chi connectivity index (χ1v) is 8.85. The molecule has 0 fully saturated rings. The SMILES string of the molecule is C[C@H](NC(=O)COC(=O)c1cc([N+](=O)[O-])ccc1N)c1cccc2ccccc12. The summed E-state index contributed by atoms with van der Waals surface area (Å²) in [6.45, 7) is 1.30. The molecule has 1 atom stereocenters. The standard InChI is InChI=1S/C21H19N3O5/c1-13(16-8-4-6-14-5-2-3-7-17(14)16)23-20(25)12-29-21(26)18-11-15(24(27)28)9-10-19(18)22/h2-11,13H,12,22H2,1H3,(H,23,25)/t13-/m0/s1. The minimum Gasteiger partial charge on any atom is -0.452 e. The maximum atomic E-state index is 12.2. The highest BCUT2D eigenvalue weighted by Crippen LogP contribution is 2.24. The Morgan fingerprint density at radius 1 is 1.14 bits per heavy atom. The van der Waals surface area contributed by atoms with E-state index in [1.165, 1.54) is 12.1 Å². The Hall–Kier alpha value is -3.94. The van der Waals surface area contributed by atoms with Gasteiger partial charge in [-0.3, -0.25) is 14.9 Å². The highest BCUT2D eigenvalue weighted by atomic mass is 16.6. The lowest BCUT2D eigenvalue weighted by Gasteiger charge is -2.16. The maximum Gasteiger partial charge on any atom is 0.341 e. The van der Waals surface area contributed by atoms with E-state index in [2.05, 4.69) is 5.32 Å². The molecule has 0 aromatic heterocycles. The summed E-state index contributed by atoms with van der Waals surface area (Å²) in [4.78, 5) is 34.6. The fraction of sp³-hybridized carbons (Fsp3) is 0.143. The highest BCUT2D eigenvalue weighted by molar-refractivity contribution is 5.97. The molecule has 0 bridgehead atoms. The fourth-order valence-electron chi connectivity index (χ4n) is 3.03. The molecule has 0 heterocycles. The van der Waals surface area contributed by atoms with Gasteiger partial charge >= 0.3 is 5.97 Å². The Bertz CT molecular complexity index is 1090. The Morgan fingerprint density at radius 2 is 1.86 bits per heavy atom. The molecule has 29 heavy (non-hydrogen) atoms. The van der Waals surface area contributed by atoms with Gasteiger partial charge in [-0.1, -0.05) is 42.5 Å². The van der Waals surface area contributed by atoms with E-state index in [0.717, 1.165) is 22.4 Å². The van der Waals surface area contributed by atoms with E-state index >= 15 is 0 Å². The predicted molar refractivity (Wildman–Crippen MR) is 108 cm³/mol. The Morgan fingerprint density at radius 3 is 2.62 bits per heavy atom. The molecule has 0 aliphatic heterocycles. The number of benzene rings is 3. The number of non-ortho nitro benzene ring substituents is 1. The van der Waals surface area contributed by atoms with Crippen LogP contribution in [-0.4, -0.2) is 23.4 Å². The third kappa shape index (κ3) is 4.49. The van der Waals surface area contributed by atoms with Crippen LogP contribution in [0.15, 0.2) is 60.7 Å². The average molecular weight is 393 g/mol. The van der Waals surface area contributed by atoms with Crippen molar-refractivity contribution in [3.05, 3.63) is 81.9 Å². The van der Waals surface area contributed by atoms with Crippen molar-refractivity contribution in [2.24, 2.45) is 0 Å². The first kappa shape index (κ1) is 19.8. The van der Waals surface area contributed by atoms with Crippen molar-refractivity contribution < 1.29 is 19.2 Å². The number of anilines is 1. The van der Waals surface area contributed by atoms with Gasteiger partial charge in [-0.15, -0.1) is 0 Å². The van der Waals surface area contributed by atoms with Crippen molar-refractivity contribution >= 4 is 34.0 Å². The monoisotopic (exact) mass is 393 g/mol. The number of carbonyl (C=O) groups excluding carboxylic acids is 2. The van der Waals surface area contributed by atoms with Crippen molar-refractivity contribution in [3.63, 3.8) is 0 Å². The predicted octanol–water partition coefficient (Wildman–Crippen LogP) is 3.36. The molecule has 0 unspecified atom stereocenters. The second kappa shape index (κ2) is 8.39. The van der Waals surface area contributed by atoms with Crippen LogP contribution in [0.4, 0.5) is 11.4 Å². The number of hydrogen-bond donors (Lipinski definition) is 2. The summed E-state index contributed by atoms with van der Waals surface area (Å²) in [5, 5.41) is 15.7. The van der Waals surface area contributed by atoms with Crippen molar-refractivity contribution in [2.75, 3.05) is 12.3 Å². The number of carbonyl (C=O) groups is 2. The molecule has 3 aromatic rings. The number of amides is 1. The normalized spacial score (nSPS) is 11.6. The first-order valence-electron chi connectivity index (χ1n) is 8.85. The first-order chi connectivity index (χ1) is 13.9. The largest absolute Gasteiger partial charge is 0.452 e. The topological polar surface area (TPSA) is 125 Å². The number of fused-ring (bicyclic) bond motifs is 1. The molecule has 0 aliphatic carbocycles. The summed E-state index contributed by atoms with van der Waals surface area (Å²) in [5.41, 5.74) is 6.20. The fourth-order valence-corrected chi connectivity index (χ4v) is 3.03. The quantitative estimate of drug-likeness (QED) is 0.286. The van der Waals surface area contributed by atoms with Crippen LogP contribution in [0.5, 0.6) is 0 Å². The van der Waals surface area contributed by atoms with Crippen molar-refractivity contribution in [1.29, 1.82) is 0 Å². The molecular weight excluding hydrogens is 374 g/mol. The molecule has 1 amide bonds. The number of ether oxygens (including phenoxy) is 1. The molecule has 0 spiro atoms. The molecule has 8 nitrogen and oxygen atoms in total. The van der Waals surface area contributed by atoms with E-state index in [-0.39, 0.29) is 23.0 Å². The van der Waals surface area contributed by atoms with Crippen LogP contribution in [0.2, 0.25) is 0 Å². The molecule has 0 saturated carbocycles. The summed E-state index contributed by atoms with van der Waals surface area (Å²) in [5.74, 6) is -1.40. The van der Waals surface area contributed by atoms with Gasteiger partial charge in [-0.05, 0) is 29.3 Å². The Kier molecular flexibility index (Phi) is 5.73. The summed E-state index contributed by atoms with van der Waals surface area (Å²) in [7, 11) is 0. The van der Waals surface area contributed by atoms with Gasteiger partial charge < -0.3 is 15.8 Å². The minimum absolute atomic E-state index is 0.0325. The summed E-state index contributed by atoms with van der Waals surface area (Å²) >= 11 is 0. The number of nitrogen functional groups attached to an aromatic ring is 1. The molecule has 8 heteroatoms. The molecular formula is C21H19N3O5. The average Bonchev–Trinajstić information content (AvgIpc) is 2.71. The van der Waals surface area contributed by atoms with Gasteiger partial charge in [0.1, 0.15) is 0 Å². The number of hydrogen-bond acceptors (Lipinski definition) is 6. The molecule has 3 aromatic carbocycles. The summed E-state index contributed by atoms with van der Waals surface area (Å²) < 4.78 is 4.98. The van der Waals surface area contributed by atoms with E-state index in [1.54, 1.807) is 0 Å². The van der Waals surface area contributed by atoms with Crippen LogP contribution in [0.1, 0.15) is 28.9 Å². The van der Waals surface area contributed by atoms with Crippen LogP contribution in [0, 0.1) is 10.1 Å². The Balaban J connectivity index is 1.64. The number of nitrogens with zero attached hydrogens (tertiary/aromatic N) is 1. The van der Waals surface area contributed by atoms with Crippen LogP contribution >= 0.6 is 0 Å². The third-order valence-corrected chi connectivity index (χ3v) is 4.47. The number of nitro groups is 1. The zero-order valence-corrected chi connectivity index (χ0v) is 15.6. The lowest BCUT2D eigenvalue weighted by molar-refractivity contribution is -0.384. The molecule has 3 N–H and O–H groups in total. The van der Waals surface area contributed by atoms with Crippen LogP contribution in [0.3, 0.4) is 0 Å². The van der Waals surface area contributed by atoms with E-state index in [1.807, 2.05) is 49.4 Å². The maximum absolute atomic E-state index is 12.2. The van der Waals surface area contributed by atoms with E-state index in [9.17, 15) is 19.7 Å².